The van der Waals surface area contributed by atoms with Crippen LogP contribution >= 0.6 is 23.2 Å². The monoisotopic (exact) mass is 515 g/mol. The maximum Gasteiger partial charge on any atom is 0.422 e. The fourth-order valence-electron chi connectivity index (χ4n) is 3.30. The molecule has 2 unspecified atom stereocenters. The van der Waals surface area contributed by atoms with Gasteiger partial charge < -0.3 is 14.6 Å². The Balaban J connectivity index is 1.82. The Hall–Kier alpha value is -2.95. The summed E-state index contributed by atoms with van der Waals surface area (Å²) < 4.78 is 52.2. The highest BCUT2D eigenvalue weighted by molar-refractivity contribution is 6.31. The molecule has 0 amide bonds. The smallest absolute Gasteiger partial charge is 0.422 e. The average Bonchev–Trinajstić information content (AvgIpc) is 2.81. The summed E-state index contributed by atoms with van der Waals surface area (Å²) in [6.07, 6.45) is -1.48. The normalized spacial score (nSPS) is 14.2. The van der Waals surface area contributed by atoms with Gasteiger partial charge in [-0.2, -0.15) is 13.2 Å². The minimum atomic E-state index is -5.03. The van der Waals surface area contributed by atoms with E-state index in [2.05, 4.69) is 19.7 Å². The standard InChI is InChI=1S/C22H18Cl2F3N3O4/c1-12(21(32,22(25,26)27)15-5-6-28-18(24)8-15)16-4-3-13(7-17(16)23)11-34-20-29-9-14(10-30-20)19(31)33-2/h3-10,12,32H,11H2,1-2H3. The second-order valence-electron chi connectivity index (χ2n) is 7.24. The van der Waals surface area contributed by atoms with Crippen LogP contribution in [0.2, 0.25) is 10.2 Å². The maximum absolute atomic E-state index is 14.1. The molecule has 1 N–H and O–H groups in total. The van der Waals surface area contributed by atoms with E-state index in [9.17, 15) is 23.1 Å². The third-order valence-electron chi connectivity index (χ3n) is 5.17. The van der Waals surface area contributed by atoms with Crippen LogP contribution in [0, 0.1) is 0 Å². The van der Waals surface area contributed by atoms with Crippen LogP contribution in [-0.4, -0.2) is 39.3 Å². The molecule has 12 heteroatoms. The van der Waals surface area contributed by atoms with E-state index < -0.39 is 29.2 Å². The predicted octanol–water partition coefficient (Wildman–Crippen LogP) is 5.10. The van der Waals surface area contributed by atoms with Crippen LogP contribution in [0.15, 0.2) is 48.9 Å². The number of halogens is 5. The highest BCUT2D eigenvalue weighted by atomic mass is 35.5. The van der Waals surface area contributed by atoms with Crippen LogP contribution in [0.4, 0.5) is 13.2 Å². The third kappa shape index (κ3) is 5.24. The summed E-state index contributed by atoms with van der Waals surface area (Å²) in [6, 6.07) is 6.31. The van der Waals surface area contributed by atoms with Crippen LogP contribution in [0.3, 0.4) is 0 Å². The Morgan fingerprint density at radius 2 is 1.79 bits per heavy atom. The highest BCUT2D eigenvalue weighted by Crippen LogP contribution is 2.50. The minimum Gasteiger partial charge on any atom is -0.465 e. The molecule has 0 fully saturated rings. The summed E-state index contributed by atoms with van der Waals surface area (Å²) in [5.41, 5.74) is -3.00. The number of carbonyl (C=O) groups excluding carboxylic acids is 1. The molecule has 3 aromatic rings. The van der Waals surface area contributed by atoms with Gasteiger partial charge >= 0.3 is 18.2 Å². The summed E-state index contributed by atoms with van der Waals surface area (Å²) in [7, 11) is 1.22. The van der Waals surface area contributed by atoms with Crippen molar-refractivity contribution in [2.45, 2.75) is 31.2 Å². The third-order valence-corrected chi connectivity index (χ3v) is 5.71. The number of aliphatic hydroxyl groups is 1. The van der Waals surface area contributed by atoms with Crippen LogP contribution in [-0.2, 0) is 16.9 Å². The molecular formula is C22H18Cl2F3N3O4. The van der Waals surface area contributed by atoms with Crippen molar-refractivity contribution in [2.75, 3.05) is 7.11 Å². The lowest BCUT2D eigenvalue weighted by Crippen LogP contribution is -2.46. The minimum absolute atomic E-state index is 0.00149. The molecule has 0 aliphatic heterocycles. The van der Waals surface area contributed by atoms with E-state index in [4.69, 9.17) is 27.9 Å². The molecule has 0 saturated carbocycles. The van der Waals surface area contributed by atoms with Crippen molar-refractivity contribution in [1.82, 2.24) is 15.0 Å². The number of ether oxygens (including phenoxy) is 2. The molecule has 7 nitrogen and oxygen atoms in total. The van der Waals surface area contributed by atoms with Gasteiger partial charge in [0, 0.05) is 29.5 Å². The summed E-state index contributed by atoms with van der Waals surface area (Å²) in [5, 5.41) is 10.7. The molecule has 2 heterocycles. The molecule has 1 aromatic carbocycles. The molecule has 0 aliphatic rings. The van der Waals surface area contributed by atoms with Crippen molar-refractivity contribution in [2.24, 2.45) is 0 Å². The zero-order chi connectivity index (χ0) is 25.1. The zero-order valence-corrected chi connectivity index (χ0v) is 19.3. The Morgan fingerprint density at radius 3 is 2.35 bits per heavy atom. The van der Waals surface area contributed by atoms with Gasteiger partial charge in [0.2, 0.25) is 0 Å². The average molecular weight is 516 g/mol. The van der Waals surface area contributed by atoms with Gasteiger partial charge in [-0.3, -0.25) is 0 Å². The van der Waals surface area contributed by atoms with Gasteiger partial charge in [0.1, 0.15) is 11.8 Å². The molecule has 180 valence electrons. The van der Waals surface area contributed by atoms with Crippen molar-refractivity contribution < 1.29 is 32.5 Å². The Morgan fingerprint density at radius 1 is 1.12 bits per heavy atom. The number of benzene rings is 1. The first-order valence-corrected chi connectivity index (χ1v) is 10.5. The molecule has 0 saturated heterocycles. The Bertz CT molecular complexity index is 1180. The number of pyridine rings is 1. The second kappa shape index (κ2) is 10.1. The van der Waals surface area contributed by atoms with Crippen molar-refractivity contribution in [1.29, 1.82) is 0 Å². The molecule has 34 heavy (non-hydrogen) atoms. The lowest BCUT2D eigenvalue weighted by molar-refractivity contribution is -0.274. The molecule has 0 bridgehead atoms. The van der Waals surface area contributed by atoms with Gasteiger partial charge in [0.25, 0.3) is 0 Å². The first-order chi connectivity index (χ1) is 16.0. The zero-order valence-electron chi connectivity index (χ0n) is 17.8. The highest BCUT2D eigenvalue weighted by Gasteiger charge is 2.59. The number of alkyl halides is 3. The number of hydrogen-bond donors (Lipinski definition) is 1. The largest absolute Gasteiger partial charge is 0.465 e. The molecular weight excluding hydrogens is 498 g/mol. The predicted molar refractivity (Wildman–Crippen MR) is 117 cm³/mol. The molecule has 0 aliphatic carbocycles. The SMILES string of the molecule is COC(=O)c1cnc(OCc2ccc(C(C)C(O)(c3ccnc(Cl)c3)C(F)(F)F)c(Cl)c2)nc1. The van der Waals surface area contributed by atoms with E-state index in [1.807, 2.05) is 0 Å². The Labute approximate surface area is 202 Å². The van der Waals surface area contributed by atoms with Gasteiger partial charge in [-0.05, 0) is 34.9 Å². The number of aromatic nitrogens is 3. The van der Waals surface area contributed by atoms with Crippen molar-refractivity contribution in [3.8, 4) is 6.01 Å². The lowest BCUT2D eigenvalue weighted by Gasteiger charge is -2.37. The number of carbonyl (C=O) groups is 1. The summed E-state index contributed by atoms with van der Waals surface area (Å²) in [5.74, 6) is -2.08. The number of methoxy groups -OCH3 is 1. The molecule has 0 radical (unpaired) electrons. The summed E-state index contributed by atoms with van der Waals surface area (Å²) in [6.45, 7) is 1.17. The van der Waals surface area contributed by atoms with Crippen molar-refractivity contribution >= 4 is 29.2 Å². The van der Waals surface area contributed by atoms with Gasteiger partial charge in [-0.15, -0.1) is 0 Å². The first kappa shape index (κ1) is 25.7. The molecule has 2 aromatic heterocycles. The second-order valence-corrected chi connectivity index (χ2v) is 8.04. The van der Waals surface area contributed by atoms with Crippen molar-refractivity contribution in [3.05, 3.63) is 81.4 Å². The molecule has 3 rings (SSSR count). The van der Waals surface area contributed by atoms with Gasteiger partial charge in [0.15, 0.2) is 5.60 Å². The van der Waals surface area contributed by atoms with E-state index >= 15 is 0 Å². The first-order valence-electron chi connectivity index (χ1n) is 9.70. The fraction of sp³-hybridized carbons (Fsp3) is 0.273. The van der Waals surface area contributed by atoms with Crippen LogP contribution in [0.25, 0.3) is 0 Å². The van der Waals surface area contributed by atoms with Crippen LogP contribution in [0.1, 0.15) is 39.9 Å². The molecule has 0 spiro atoms. The quantitative estimate of drug-likeness (QED) is 0.345. The number of hydrogen-bond acceptors (Lipinski definition) is 7. The van der Waals surface area contributed by atoms with E-state index in [1.54, 1.807) is 0 Å². The molecule has 2 atom stereocenters. The van der Waals surface area contributed by atoms with Crippen molar-refractivity contribution in [3.63, 3.8) is 0 Å². The van der Waals surface area contributed by atoms with E-state index in [-0.39, 0.29) is 33.9 Å². The number of esters is 1. The topological polar surface area (TPSA) is 94.4 Å². The van der Waals surface area contributed by atoms with E-state index in [0.29, 0.717) is 5.56 Å². The fourth-order valence-corrected chi connectivity index (χ4v) is 3.84. The van der Waals surface area contributed by atoms with Gasteiger partial charge in [0.05, 0.1) is 12.7 Å². The lowest BCUT2D eigenvalue weighted by atomic mass is 9.78. The number of rotatable bonds is 7. The number of nitrogens with zero attached hydrogens (tertiary/aromatic N) is 3. The van der Waals surface area contributed by atoms with E-state index in [0.717, 1.165) is 18.3 Å². The summed E-state index contributed by atoms with van der Waals surface area (Å²) >= 11 is 12.1. The van der Waals surface area contributed by atoms with E-state index in [1.165, 1.54) is 44.6 Å². The summed E-state index contributed by atoms with van der Waals surface area (Å²) in [4.78, 5) is 22.9. The van der Waals surface area contributed by atoms with Crippen LogP contribution in [0.5, 0.6) is 6.01 Å². The van der Waals surface area contributed by atoms with Crippen LogP contribution < -0.4 is 4.74 Å². The van der Waals surface area contributed by atoms with Gasteiger partial charge in [-0.25, -0.2) is 19.7 Å². The maximum atomic E-state index is 14.1. The van der Waals surface area contributed by atoms with Gasteiger partial charge in [-0.1, -0.05) is 42.3 Å². The Kier molecular flexibility index (Phi) is 7.64.